The largest absolute Gasteiger partial charge is 0.308 e. The van der Waals surface area contributed by atoms with E-state index in [0.717, 1.165) is 15.8 Å². The van der Waals surface area contributed by atoms with E-state index >= 15 is 0 Å². The van der Waals surface area contributed by atoms with Gasteiger partial charge in [-0.15, -0.1) is 0 Å². The van der Waals surface area contributed by atoms with Gasteiger partial charge in [0, 0.05) is 18.7 Å². The van der Waals surface area contributed by atoms with E-state index in [-0.39, 0.29) is 5.91 Å². The predicted octanol–water partition coefficient (Wildman–Crippen LogP) is 3.95. The Morgan fingerprint density at radius 1 is 1.16 bits per heavy atom. The highest BCUT2D eigenvalue weighted by atomic mass is 32.1. The van der Waals surface area contributed by atoms with Crippen molar-refractivity contribution >= 4 is 32.6 Å². The van der Waals surface area contributed by atoms with E-state index in [4.69, 9.17) is 0 Å². The van der Waals surface area contributed by atoms with Crippen LogP contribution in [0.4, 0.5) is 9.52 Å². The number of amides is 1. The minimum atomic E-state index is -0.418. The van der Waals surface area contributed by atoms with E-state index in [2.05, 4.69) is 11.1 Å². The Morgan fingerprint density at radius 2 is 1.96 bits per heavy atom. The first-order valence-corrected chi connectivity index (χ1v) is 8.85. The van der Waals surface area contributed by atoms with Gasteiger partial charge in [-0.25, -0.2) is 9.37 Å². The summed E-state index contributed by atoms with van der Waals surface area (Å²) in [5.41, 5.74) is 2.35. The molecule has 0 unspecified atom stereocenters. The van der Waals surface area contributed by atoms with Crippen LogP contribution in [-0.4, -0.2) is 43.0 Å². The molecule has 1 aromatic heterocycles. The van der Waals surface area contributed by atoms with Gasteiger partial charge in [0.25, 0.3) is 5.91 Å². The number of benzene rings is 2. The Balaban J connectivity index is 1.99. The van der Waals surface area contributed by atoms with Gasteiger partial charge in [0.2, 0.25) is 0 Å². The smallest absolute Gasteiger partial charge is 0.260 e. The molecule has 3 aromatic rings. The first kappa shape index (κ1) is 17.5. The van der Waals surface area contributed by atoms with Crippen molar-refractivity contribution in [3.63, 3.8) is 0 Å². The standard InChI is InChI=1S/C19H20FN3OS/c1-13-7-8-16-17(11-13)25-19(21-16)23(10-9-22(2)3)18(24)14-5-4-6-15(20)12-14/h4-8,11-12H,9-10H2,1-3H3. The fourth-order valence-corrected chi connectivity index (χ4v) is 3.58. The molecule has 25 heavy (non-hydrogen) atoms. The summed E-state index contributed by atoms with van der Waals surface area (Å²) >= 11 is 1.48. The fourth-order valence-electron chi connectivity index (χ4n) is 2.50. The second-order valence-electron chi connectivity index (χ2n) is 6.24. The highest BCUT2D eigenvalue weighted by Crippen LogP contribution is 2.30. The fraction of sp³-hybridized carbons (Fsp3) is 0.263. The number of halogens is 1. The number of carbonyl (C=O) groups is 1. The molecule has 0 spiro atoms. The van der Waals surface area contributed by atoms with E-state index in [9.17, 15) is 9.18 Å². The van der Waals surface area contributed by atoms with Crippen molar-refractivity contribution < 1.29 is 9.18 Å². The molecule has 0 saturated heterocycles. The number of aryl methyl sites for hydroxylation is 1. The molecule has 0 aliphatic rings. The summed E-state index contributed by atoms with van der Waals surface area (Å²) in [5, 5.41) is 0.636. The molecule has 3 rings (SSSR count). The van der Waals surface area contributed by atoms with E-state index in [1.54, 1.807) is 17.0 Å². The van der Waals surface area contributed by atoms with Crippen LogP contribution in [0.5, 0.6) is 0 Å². The summed E-state index contributed by atoms with van der Waals surface area (Å²) in [6, 6.07) is 11.8. The molecule has 0 N–H and O–H groups in total. The number of hydrogen-bond donors (Lipinski definition) is 0. The van der Waals surface area contributed by atoms with Crippen LogP contribution in [0.2, 0.25) is 0 Å². The number of hydrogen-bond acceptors (Lipinski definition) is 4. The molecule has 130 valence electrons. The summed E-state index contributed by atoms with van der Waals surface area (Å²) in [6.45, 7) is 3.21. The third kappa shape index (κ3) is 4.03. The molecule has 0 aliphatic carbocycles. The maximum Gasteiger partial charge on any atom is 0.260 e. The first-order chi connectivity index (χ1) is 11.9. The summed E-state index contributed by atoms with van der Waals surface area (Å²) in [6.07, 6.45) is 0. The van der Waals surface area contributed by atoms with Crippen molar-refractivity contribution in [2.45, 2.75) is 6.92 Å². The maximum absolute atomic E-state index is 13.5. The molecule has 1 amide bonds. The molecular formula is C19H20FN3OS. The number of anilines is 1. The molecule has 1 heterocycles. The minimum absolute atomic E-state index is 0.239. The summed E-state index contributed by atoms with van der Waals surface area (Å²) in [4.78, 5) is 21.2. The quantitative estimate of drug-likeness (QED) is 0.694. The van der Waals surface area contributed by atoms with Crippen LogP contribution in [0.3, 0.4) is 0 Å². The van der Waals surface area contributed by atoms with E-state index in [1.807, 2.05) is 38.1 Å². The molecule has 6 heteroatoms. The molecule has 0 radical (unpaired) electrons. The average Bonchev–Trinajstić information content (AvgIpc) is 2.97. The maximum atomic E-state index is 13.5. The minimum Gasteiger partial charge on any atom is -0.308 e. The van der Waals surface area contributed by atoms with Gasteiger partial charge in [0.05, 0.1) is 10.2 Å². The number of nitrogens with zero attached hydrogens (tertiary/aromatic N) is 3. The topological polar surface area (TPSA) is 36.4 Å². The number of fused-ring (bicyclic) bond motifs is 1. The number of rotatable bonds is 5. The third-order valence-electron chi connectivity index (χ3n) is 3.85. The Kier molecular flexibility index (Phi) is 5.11. The predicted molar refractivity (Wildman–Crippen MR) is 101 cm³/mol. The second-order valence-corrected chi connectivity index (χ2v) is 7.25. The molecule has 0 aliphatic heterocycles. The van der Waals surface area contributed by atoms with Crippen LogP contribution in [0.15, 0.2) is 42.5 Å². The van der Waals surface area contributed by atoms with Gasteiger partial charge in [0.15, 0.2) is 5.13 Å². The summed E-state index contributed by atoms with van der Waals surface area (Å²) < 4.78 is 14.6. The number of carbonyl (C=O) groups excluding carboxylic acids is 1. The molecule has 0 bridgehead atoms. The lowest BCUT2D eigenvalue weighted by atomic mass is 10.2. The van der Waals surface area contributed by atoms with Gasteiger partial charge in [0.1, 0.15) is 5.82 Å². The monoisotopic (exact) mass is 357 g/mol. The third-order valence-corrected chi connectivity index (χ3v) is 4.89. The second kappa shape index (κ2) is 7.29. The number of thiazole rings is 1. The van der Waals surface area contributed by atoms with E-state index in [1.165, 1.54) is 23.5 Å². The number of aromatic nitrogens is 1. The van der Waals surface area contributed by atoms with Crippen LogP contribution >= 0.6 is 11.3 Å². The molecule has 2 aromatic carbocycles. The van der Waals surface area contributed by atoms with Gasteiger partial charge >= 0.3 is 0 Å². The lowest BCUT2D eigenvalue weighted by Gasteiger charge is -2.22. The van der Waals surface area contributed by atoms with Crippen LogP contribution in [0, 0.1) is 12.7 Å². The molecule has 0 fully saturated rings. The average molecular weight is 357 g/mol. The van der Waals surface area contributed by atoms with Crippen LogP contribution < -0.4 is 4.90 Å². The SMILES string of the molecule is Cc1ccc2nc(N(CCN(C)C)C(=O)c3cccc(F)c3)sc2c1. The molecule has 4 nitrogen and oxygen atoms in total. The molecule has 0 saturated carbocycles. The van der Waals surface area contributed by atoms with Crippen LogP contribution in [-0.2, 0) is 0 Å². The number of likely N-dealkylation sites (N-methyl/N-ethyl adjacent to an activating group) is 1. The van der Waals surface area contributed by atoms with Gasteiger partial charge in [-0.3, -0.25) is 9.69 Å². The van der Waals surface area contributed by atoms with Crippen LogP contribution in [0.25, 0.3) is 10.2 Å². The van der Waals surface area contributed by atoms with E-state index < -0.39 is 5.82 Å². The van der Waals surface area contributed by atoms with Gasteiger partial charge < -0.3 is 4.90 Å². The van der Waals surface area contributed by atoms with Crippen LogP contribution in [0.1, 0.15) is 15.9 Å². The highest BCUT2D eigenvalue weighted by Gasteiger charge is 2.21. The normalized spacial score (nSPS) is 11.2. The molecule has 0 atom stereocenters. The zero-order valence-corrected chi connectivity index (χ0v) is 15.3. The van der Waals surface area contributed by atoms with Gasteiger partial charge in [-0.1, -0.05) is 23.5 Å². The Labute approximate surface area is 150 Å². The van der Waals surface area contributed by atoms with E-state index in [0.29, 0.717) is 23.8 Å². The van der Waals surface area contributed by atoms with Crippen molar-refractivity contribution in [1.29, 1.82) is 0 Å². The van der Waals surface area contributed by atoms with Gasteiger partial charge in [-0.2, -0.15) is 0 Å². The zero-order valence-electron chi connectivity index (χ0n) is 14.5. The van der Waals surface area contributed by atoms with Crippen molar-refractivity contribution in [1.82, 2.24) is 9.88 Å². The Bertz CT molecular complexity index is 907. The van der Waals surface area contributed by atoms with Gasteiger partial charge in [-0.05, 0) is 56.9 Å². The van der Waals surface area contributed by atoms with Crippen molar-refractivity contribution in [2.75, 3.05) is 32.1 Å². The summed E-state index contributed by atoms with van der Waals surface area (Å²) in [5.74, 6) is -0.657. The van der Waals surface area contributed by atoms with Crippen molar-refractivity contribution in [2.24, 2.45) is 0 Å². The zero-order chi connectivity index (χ0) is 18.0. The Hall–Kier alpha value is -2.31. The highest BCUT2D eigenvalue weighted by molar-refractivity contribution is 7.22. The lowest BCUT2D eigenvalue weighted by molar-refractivity contribution is 0.0985. The lowest BCUT2D eigenvalue weighted by Crippen LogP contribution is -2.36. The summed E-state index contributed by atoms with van der Waals surface area (Å²) in [7, 11) is 3.90. The Morgan fingerprint density at radius 3 is 2.68 bits per heavy atom. The molecular weight excluding hydrogens is 337 g/mol. The van der Waals surface area contributed by atoms with Crippen molar-refractivity contribution in [3.8, 4) is 0 Å². The van der Waals surface area contributed by atoms with Crippen molar-refractivity contribution in [3.05, 3.63) is 59.4 Å². The first-order valence-electron chi connectivity index (χ1n) is 8.03.